The maximum atomic E-state index is 10.5. The Morgan fingerprint density at radius 2 is 1.92 bits per heavy atom. The van der Waals surface area contributed by atoms with Gasteiger partial charge in [0.1, 0.15) is 0 Å². The quantitative estimate of drug-likeness (QED) is 0.359. The van der Waals surface area contributed by atoms with E-state index in [2.05, 4.69) is 72.5 Å². The molecule has 1 atom stereocenters. The van der Waals surface area contributed by atoms with Crippen LogP contribution < -0.4 is 5.32 Å². The average molecular weight is 489 g/mol. The van der Waals surface area contributed by atoms with E-state index in [-0.39, 0.29) is 5.91 Å². The van der Waals surface area contributed by atoms with Crippen LogP contribution in [-0.2, 0) is 4.79 Å². The van der Waals surface area contributed by atoms with Crippen LogP contribution in [0.25, 0.3) is 22.4 Å². The Labute approximate surface area is 218 Å². The van der Waals surface area contributed by atoms with Gasteiger partial charge in [-0.15, -0.1) is 0 Å². The zero-order valence-electron chi connectivity index (χ0n) is 23.4. The van der Waals surface area contributed by atoms with Gasteiger partial charge in [0.15, 0.2) is 0 Å². The summed E-state index contributed by atoms with van der Waals surface area (Å²) < 4.78 is 0. The van der Waals surface area contributed by atoms with E-state index in [9.17, 15) is 4.79 Å². The number of pyridine rings is 1. The molecule has 1 aromatic heterocycles. The summed E-state index contributed by atoms with van der Waals surface area (Å²) in [6.07, 6.45) is 9.65. The molecule has 1 N–H and O–H groups in total. The minimum Gasteiger partial charge on any atom is -0.383 e. The standard InChI is InChI=1S/C23H27N3.C6H11NO.C2H6/c1-7-18(15-24-4)22-12-13-23(25-17(22)3)21-11-9-10-20(14-21)19(8-2)16-26(5)6;1-5-2-3-6(8)7-4-5;1-2/h7-16H,2H2,1,3-6H3;5H,2-4H2,1H3,(H,7,8);1-2H3/b18-7+,19-16+,24-15?;;. The third-order valence-corrected chi connectivity index (χ3v) is 5.60. The van der Waals surface area contributed by atoms with E-state index in [1.165, 1.54) is 0 Å². The first-order valence-electron chi connectivity index (χ1n) is 12.7. The first kappa shape index (κ1) is 30.6. The predicted molar refractivity (Wildman–Crippen MR) is 157 cm³/mol. The van der Waals surface area contributed by atoms with Gasteiger partial charge in [-0.1, -0.05) is 63.8 Å². The summed E-state index contributed by atoms with van der Waals surface area (Å²) in [6.45, 7) is 15.0. The van der Waals surface area contributed by atoms with Crippen molar-refractivity contribution in [2.75, 3.05) is 27.7 Å². The molecule has 5 nitrogen and oxygen atoms in total. The second kappa shape index (κ2) is 16.2. The van der Waals surface area contributed by atoms with Crippen LogP contribution in [0.1, 0.15) is 57.4 Å². The van der Waals surface area contributed by atoms with Crippen molar-refractivity contribution < 1.29 is 4.79 Å². The monoisotopic (exact) mass is 488 g/mol. The largest absolute Gasteiger partial charge is 0.383 e. The summed E-state index contributed by atoms with van der Waals surface area (Å²) in [5, 5.41) is 2.79. The number of rotatable bonds is 6. The molecule has 0 spiro atoms. The Kier molecular flexibility index (Phi) is 13.8. The number of carbonyl (C=O) groups excluding carboxylic acids is 1. The summed E-state index contributed by atoms with van der Waals surface area (Å²) in [5.74, 6) is 0.899. The molecule has 2 aromatic rings. The molecule has 2 heterocycles. The molecule has 5 heteroatoms. The minimum atomic E-state index is 0.211. The molecular formula is C31H44N4O. The molecule has 0 aliphatic carbocycles. The van der Waals surface area contributed by atoms with Crippen molar-refractivity contribution in [1.29, 1.82) is 0 Å². The highest BCUT2D eigenvalue weighted by atomic mass is 16.1. The fourth-order valence-corrected chi connectivity index (χ4v) is 3.70. The van der Waals surface area contributed by atoms with Crippen molar-refractivity contribution in [2.24, 2.45) is 10.9 Å². The number of piperidine rings is 1. The average Bonchev–Trinajstić information content (AvgIpc) is 2.89. The van der Waals surface area contributed by atoms with E-state index in [0.717, 1.165) is 58.6 Å². The van der Waals surface area contributed by atoms with Gasteiger partial charge in [-0.05, 0) is 55.0 Å². The van der Waals surface area contributed by atoms with Crippen molar-refractivity contribution in [1.82, 2.24) is 15.2 Å². The normalized spacial score (nSPS) is 15.8. The highest BCUT2D eigenvalue weighted by molar-refractivity contribution is 6.10. The van der Waals surface area contributed by atoms with E-state index in [0.29, 0.717) is 5.92 Å². The minimum absolute atomic E-state index is 0.211. The number of benzene rings is 1. The van der Waals surface area contributed by atoms with E-state index < -0.39 is 0 Å². The second-order valence-electron chi connectivity index (χ2n) is 8.74. The third kappa shape index (κ3) is 9.65. The summed E-state index contributed by atoms with van der Waals surface area (Å²) in [4.78, 5) is 21.5. The second-order valence-corrected chi connectivity index (χ2v) is 8.74. The number of nitrogens with zero attached hydrogens (tertiary/aromatic N) is 3. The first-order valence-corrected chi connectivity index (χ1v) is 12.7. The van der Waals surface area contributed by atoms with Gasteiger partial charge in [-0.25, -0.2) is 0 Å². The summed E-state index contributed by atoms with van der Waals surface area (Å²) >= 11 is 0. The smallest absolute Gasteiger partial charge is 0.220 e. The van der Waals surface area contributed by atoms with Crippen molar-refractivity contribution in [3.8, 4) is 11.3 Å². The molecule has 1 aliphatic heterocycles. The Balaban J connectivity index is 0.000000543. The summed E-state index contributed by atoms with van der Waals surface area (Å²) in [5.41, 5.74) is 7.45. The Bertz CT molecular complexity index is 1070. The highest BCUT2D eigenvalue weighted by Gasteiger charge is 2.12. The van der Waals surface area contributed by atoms with Crippen molar-refractivity contribution in [3.05, 3.63) is 78.1 Å². The molecular weight excluding hydrogens is 444 g/mol. The van der Waals surface area contributed by atoms with Crippen molar-refractivity contribution >= 4 is 23.3 Å². The molecule has 0 saturated carbocycles. The maximum absolute atomic E-state index is 10.5. The lowest BCUT2D eigenvalue weighted by Gasteiger charge is -2.17. The summed E-state index contributed by atoms with van der Waals surface area (Å²) in [7, 11) is 5.80. The molecule has 1 saturated heterocycles. The van der Waals surface area contributed by atoms with Gasteiger partial charge in [-0.3, -0.25) is 14.8 Å². The third-order valence-electron chi connectivity index (χ3n) is 5.60. The number of aryl methyl sites for hydroxylation is 1. The lowest BCUT2D eigenvalue weighted by Crippen LogP contribution is -2.33. The topological polar surface area (TPSA) is 57.6 Å². The van der Waals surface area contributed by atoms with Crippen LogP contribution in [0.5, 0.6) is 0 Å². The van der Waals surface area contributed by atoms with Gasteiger partial charge < -0.3 is 10.2 Å². The maximum Gasteiger partial charge on any atom is 0.220 e. The van der Waals surface area contributed by atoms with E-state index in [1.807, 2.05) is 59.0 Å². The van der Waals surface area contributed by atoms with E-state index >= 15 is 0 Å². The summed E-state index contributed by atoms with van der Waals surface area (Å²) in [6, 6.07) is 12.6. The van der Waals surface area contributed by atoms with Gasteiger partial charge in [0.05, 0.1) is 5.69 Å². The molecule has 0 radical (unpaired) electrons. The fraction of sp³-hybridized carbons (Fsp3) is 0.387. The number of hydrogen-bond donors (Lipinski definition) is 1. The van der Waals surface area contributed by atoms with E-state index in [4.69, 9.17) is 4.98 Å². The molecule has 1 aliphatic rings. The van der Waals surface area contributed by atoms with Crippen LogP contribution in [-0.4, -0.2) is 49.7 Å². The van der Waals surface area contributed by atoms with Crippen molar-refractivity contribution in [2.45, 2.75) is 47.5 Å². The van der Waals surface area contributed by atoms with Crippen LogP contribution >= 0.6 is 0 Å². The molecule has 1 unspecified atom stereocenters. The molecule has 0 bridgehead atoms. The highest BCUT2D eigenvalue weighted by Crippen LogP contribution is 2.26. The molecule has 194 valence electrons. The SMILES string of the molecule is C=C/C(=C\N(C)C)c1cccc(-c2ccc(/C(C=NC)=C/C)c(C)n2)c1.CC.CC1CCC(=O)NC1. The molecule has 3 rings (SSSR count). The van der Waals surface area contributed by atoms with Crippen LogP contribution in [0.15, 0.2) is 66.3 Å². The van der Waals surface area contributed by atoms with Crippen LogP contribution in [0.4, 0.5) is 0 Å². The van der Waals surface area contributed by atoms with Crippen LogP contribution in [0, 0.1) is 12.8 Å². The van der Waals surface area contributed by atoms with Gasteiger partial charge in [0.2, 0.25) is 5.91 Å². The molecule has 1 aromatic carbocycles. The van der Waals surface area contributed by atoms with E-state index in [1.54, 1.807) is 7.05 Å². The number of aliphatic imine (C=N–C) groups is 1. The van der Waals surface area contributed by atoms with Gasteiger partial charge in [-0.2, -0.15) is 0 Å². The number of aromatic nitrogens is 1. The first-order chi connectivity index (χ1) is 17.3. The number of hydrogen-bond acceptors (Lipinski definition) is 4. The van der Waals surface area contributed by atoms with Gasteiger partial charge in [0, 0.05) is 63.3 Å². The predicted octanol–water partition coefficient (Wildman–Crippen LogP) is 6.81. The van der Waals surface area contributed by atoms with Gasteiger partial charge >= 0.3 is 0 Å². The lowest BCUT2D eigenvalue weighted by atomic mass is 10.00. The lowest BCUT2D eigenvalue weighted by molar-refractivity contribution is -0.122. The Hall–Kier alpha value is -3.47. The van der Waals surface area contributed by atoms with Gasteiger partial charge in [0.25, 0.3) is 0 Å². The zero-order chi connectivity index (χ0) is 27.1. The Morgan fingerprint density at radius 1 is 1.19 bits per heavy atom. The van der Waals surface area contributed by atoms with Crippen LogP contribution in [0.2, 0.25) is 0 Å². The molecule has 1 fully saturated rings. The zero-order valence-corrected chi connectivity index (χ0v) is 23.4. The number of amides is 1. The number of allylic oxidation sites excluding steroid dienone is 4. The fourth-order valence-electron chi connectivity index (χ4n) is 3.70. The Morgan fingerprint density at radius 3 is 2.42 bits per heavy atom. The molecule has 36 heavy (non-hydrogen) atoms. The van der Waals surface area contributed by atoms with Crippen LogP contribution in [0.3, 0.4) is 0 Å². The number of carbonyl (C=O) groups is 1. The van der Waals surface area contributed by atoms with Crippen molar-refractivity contribution in [3.63, 3.8) is 0 Å². The molecule has 1 amide bonds. The number of nitrogens with one attached hydrogen (secondary N) is 1.